The van der Waals surface area contributed by atoms with E-state index in [-0.39, 0.29) is 5.54 Å². The quantitative estimate of drug-likeness (QED) is 0.770. The Morgan fingerprint density at radius 3 is 2.44 bits per heavy atom. The second-order valence-electron chi connectivity index (χ2n) is 5.88. The molecule has 3 heteroatoms. The number of hydrogen-bond donors (Lipinski definition) is 0. The van der Waals surface area contributed by atoms with E-state index >= 15 is 0 Å². The summed E-state index contributed by atoms with van der Waals surface area (Å²) >= 11 is 0. The van der Waals surface area contributed by atoms with Crippen molar-refractivity contribution >= 4 is 5.78 Å². The summed E-state index contributed by atoms with van der Waals surface area (Å²) in [7, 11) is 0. The van der Waals surface area contributed by atoms with E-state index in [0.29, 0.717) is 5.78 Å². The van der Waals surface area contributed by atoms with Crippen LogP contribution in [0.1, 0.15) is 51.4 Å². The van der Waals surface area contributed by atoms with E-state index in [1.54, 1.807) is 6.26 Å². The molecule has 100 valence electrons. The van der Waals surface area contributed by atoms with Gasteiger partial charge in [0.05, 0.1) is 18.4 Å². The van der Waals surface area contributed by atoms with Crippen molar-refractivity contribution in [1.29, 1.82) is 0 Å². The third-order valence-corrected chi connectivity index (χ3v) is 4.79. The minimum absolute atomic E-state index is 0.164. The molecule has 1 aliphatic carbocycles. The molecule has 0 amide bonds. The van der Waals surface area contributed by atoms with E-state index in [0.717, 1.165) is 51.0 Å². The molecule has 0 N–H and O–H groups in total. The third kappa shape index (κ3) is 1.99. The van der Waals surface area contributed by atoms with Crippen molar-refractivity contribution in [3.05, 3.63) is 11.8 Å². The van der Waals surface area contributed by atoms with E-state index in [1.807, 2.05) is 0 Å². The first kappa shape index (κ1) is 12.2. The van der Waals surface area contributed by atoms with Crippen molar-refractivity contribution in [2.45, 2.75) is 56.9 Å². The molecule has 0 atom stereocenters. The van der Waals surface area contributed by atoms with Crippen LogP contribution >= 0.6 is 0 Å². The number of ether oxygens (including phenoxy) is 1. The molecule has 0 bridgehead atoms. The van der Waals surface area contributed by atoms with Gasteiger partial charge in [-0.05, 0) is 51.6 Å². The number of hydrogen-bond acceptors (Lipinski definition) is 3. The van der Waals surface area contributed by atoms with Gasteiger partial charge in [-0.3, -0.25) is 9.69 Å². The summed E-state index contributed by atoms with van der Waals surface area (Å²) in [5.41, 5.74) is 0.776. The monoisotopic (exact) mass is 249 g/mol. The first-order chi connectivity index (χ1) is 8.83. The highest BCUT2D eigenvalue weighted by atomic mass is 16.5. The van der Waals surface area contributed by atoms with Crippen molar-refractivity contribution in [3.63, 3.8) is 0 Å². The fourth-order valence-corrected chi connectivity index (χ4v) is 3.82. The molecule has 1 saturated carbocycles. The van der Waals surface area contributed by atoms with Gasteiger partial charge in [0.1, 0.15) is 0 Å². The molecular formula is C15H23NO2. The summed E-state index contributed by atoms with van der Waals surface area (Å²) in [5, 5.41) is 0. The molecule has 2 aliphatic heterocycles. The zero-order valence-electron chi connectivity index (χ0n) is 11.1. The lowest BCUT2D eigenvalue weighted by Gasteiger charge is -2.38. The molecule has 2 heterocycles. The van der Waals surface area contributed by atoms with Crippen LogP contribution < -0.4 is 0 Å². The van der Waals surface area contributed by atoms with Gasteiger partial charge in [-0.25, -0.2) is 0 Å². The molecule has 18 heavy (non-hydrogen) atoms. The van der Waals surface area contributed by atoms with Crippen molar-refractivity contribution in [2.75, 3.05) is 19.7 Å². The van der Waals surface area contributed by atoms with E-state index in [1.165, 1.54) is 25.7 Å². The Balaban J connectivity index is 1.84. The summed E-state index contributed by atoms with van der Waals surface area (Å²) in [5.74, 6) is 0.376. The zero-order valence-corrected chi connectivity index (χ0v) is 11.1. The number of carbonyl (C=O) groups is 1. The highest BCUT2D eigenvalue weighted by Gasteiger charge is 2.47. The predicted molar refractivity (Wildman–Crippen MR) is 70.3 cm³/mol. The number of nitrogens with zero attached hydrogens (tertiary/aromatic N) is 1. The molecule has 2 fully saturated rings. The van der Waals surface area contributed by atoms with Gasteiger partial charge in [0.15, 0.2) is 5.78 Å². The van der Waals surface area contributed by atoms with Crippen LogP contribution in [-0.4, -0.2) is 35.9 Å². The zero-order chi connectivity index (χ0) is 12.4. The maximum absolute atomic E-state index is 12.9. The molecule has 0 spiro atoms. The lowest BCUT2D eigenvalue weighted by atomic mass is 9.84. The molecule has 3 aliphatic rings. The summed E-state index contributed by atoms with van der Waals surface area (Å²) in [4.78, 5) is 15.4. The maximum Gasteiger partial charge on any atom is 0.182 e. The predicted octanol–water partition coefficient (Wildman–Crippen LogP) is 2.66. The number of Topliss-reactive ketones (excluding diaryl/α,β-unsaturated/α-hetero) is 1. The van der Waals surface area contributed by atoms with Crippen LogP contribution in [0.25, 0.3) is 0 Å². The molecule has 3 nitrogen and oxygen atoms in total. The number of carbonyl (C=O) groups excluding carboxylic acids is 1. The van der Waals surface area contributed by atoms with Crippen molar-refractivity contribution in [2.24, 2.45) is 0 Å². The number of rotatable bonds is 3. The van der Waals surface area contributed by atoms with E-state index in [9.17, 15) is 4.79 Å². The third-order valence-electron chi connectivity index (χ3n) is 4.79. The first-order valence-corrected chi connectivity index (χ1v) is 7.43. The van der Waals surface area contributed by atoms with Gasteiger partial charge in [-0.2, -0.15) is 0 Å². The molecule has 0 unspecified atom stereocenters. The van der Waals surface area contributed by atoms with Crippen LogP contribution in [0.15, 0.2) is 11.8 Å². The van der Waals surface area contributed by atoms with Crippen LogP contribution in [0.5, 0.6) is 0 Å². The van der Waals surface area contributed by atoms with Crippen molar-refractivity contribution in [1.82, 2.24) is 4.90 Å². The second-order valence-corrected chi connectivity index (χ2v) is 5.88. The smallest absolute Gasteiger partial charge is 0.182 e. The van der Waals surface area contributed by atoms with Crippen LogP contribution in [0.2, 0.25) is 0 Å². The Hall–Kier alpha value is -0.830. The largest absolute Gasteiger partial charge is 0.501 e. The van der Waals surface area contributed by atoms with Gasteiger partial charge >= 0.3 is 0 Å². The Morgan fingerprint density at radius 1 is 1.11 bits per heavy atom. The molecule has 3 rings (SSSR count). The second kappa shape index (κ2) is 5.04. The van der Waals surface area contributed by atoms with Crippen LogP contribution in [-0.2, 0) is 9.53 Å². The fourth-order valence-electron chi connectivity index (χ4n) is 3.82. The van der Waals surface area contributed by atoms with Gasteiger partial charge in [-0.1, -0.05) is 12.8 Å². The molecule has 0 radical (unpaired) electrons. The normalized spacial score (nSPS) is 27.9. The molecular weight excluding hydrogens is 226 g/mol. The number of likely N-dealkylation sites (tertiary alicyclic amines) is 1. The van der Waals surface area contributed by atoms with Crippen LogP contribution in [0, 0.1) is 0 Å². The Labute approximate surface area is 109 Å². The summed E-state index contributed by atoms with van der Waals surface area (Å²) < 4.78 is 5.37. The van der Waals surface area contributed by atoms with Gasteiger partial charge in [0.25, 0.3) is 0 Å². The summed E-state index contributed by atoms with van der Waals surface area (Å²) in [6.07, 6.45) is 10.7. The molecule has 1 saturated heterocycles. The highest BCUT2D eigenvalue weighted by molar-refractivity contribution is 6.02. The van der Waals surface area contributed by atoms with Crippen LogP contribution in [0.3, 0.4) is 0 Å². The fraction of sp³-hybridized carbons (Fsp3) is 0.800. The minimum atomic E-state index is -0.164. The van der Waals surface area contributed by atoms with E-state index in [2.05, 4.69) is 4.90 Å². The highest BCUT2D eigenvalue weighted by Crippen LogP contribution is 2.40. The average Bonchev–Trinajstić information content (AvgIpc) is 3.10. The minimum Gasteiger partial charge on any atom is -0.501 e. The van der Waals surface area contributed by atoms with Gasteiger partial charge in [-0.15, -0.1) is 0 Å². The van der Waals surface area contributed by atoms with E-state index < -0.39 is 0 Å². The topological polar surface area (TPSA) is 29.5 Å². The van der Waals surface area contributed by atoms with Crippen molar-refractivity contribution < 1.29 is 9.53 Å². The first-order valence-electron chi connectivity index (χ1n) is 7.43. The maximum atomic E-state index is 12.9. The number of ketones is 1. The van der Waals surface area contributed by atoms with E-state index in [4.69, 9.17) is 4.74 Å². The van der Waals surface area contributed by atoms with Gasteiger partial charge < -0.3 is 4.74 Å². The standard InChI is InChI=1S/C15H23NO2/c17-14(13-6-5-11-18-12-13)15(7-1-2-8-15)16-9-3-4-10-16/h12H,1-11H2. The summed E-state index contributed by atoms with van der Waals surface area (Å²) in [6.45, 7) is 2.99. The lowest BCUT2D eigenvalue weighted by Crippen LogP contribution is -2.52. The lowest BCUT2D eigenvalue weighted by molar-refractivity contribution is -0.127. The average molecular weight is 249 g/mol. The Morgan fingerprint density at radius 2 is 1.83 bits per heavy atom. The Kier molecular flexibility index (Phi) is 3.42. The molecule has 0 aromatic heterocycles. The molecule has 0 aromatic carbocycles. The molecule has 0 aromatic rings. The van der Waals surface area contributed by atoms with Gasteiger partial charge in [0, 0.05) is 5.57 Å². The van der Waals surface area contributed by atoms with Crippen LogP contribution in [0.4, 0.5) is 0 Å². The summed E-state index contributed by atoms with van der Waals surface area (Å²) in [6, 6.07) is 0. The Bertz CT molecular complexity index is 350. The SMILES string of the molecule is O=C(C1=COCCC1)C1(N2CCCC2)CCCC1. The van der Waals surface area contributed by atoms with Crippen molar-refractivity contribution in [3.8, 4) is 0 Å². The van der Waals surface area contributed by atoms with Gasteiger partial charge in [0.2, 0.25) is 0 Å².